The second kappa shape index (κ2) is 11.4. The Morgan fingerprint density at radius 1 is 0.875 bits per heavy atom. The van der Waals surface area contributed by atoms with Crippen LogP contribution in [0.25, 0.3) is 22.0 Å². The molecule has 0 saturated carbocycles. The van der Waals surface area contributed by atoms with Crippen LogP contribution in [0.1, 0.15) is 16.8 Å². The molecule has 0 spiro atoms. The minimum atomic E-state index is -2.19. The van der Waals surface area contributed by atoms with Crippen molar-refractivity contribution >= 4 is 46.0 Å². The standard InChI is InChI=1S/C27H21Cl2N3O2.C2H2O4/c1-31-16-30-15-25(31)27(34,18-6-9-20(28)10-7-18)19-8-11-24-23(13-19)22(14-26(33)32(24)2)17-4-3-5-21(29)12-17;3-1(4)2(5)6/h3-16,34H,1-2H3;(H,3,4)(H,5,6)/p-2. The Bertz CT molecular complexity index is 1780. The molecule has 0 aliphatic heterocycles. The van der Waals surface area contributed by atoms with Crippen molar-refractivity contribution in [2.45, 2.75) is 5.60 Å². The van der Waals surface area contributed by atoms with Crippen LogP contribution in [0.2, 0.25) is 10.0 Å². The minimum Gasteiger partial charge on any atom is -0.543 e. The van der Waals surface area contributed by atoms with Crippen molar-refractivity contribution in [3.8, 4) is 11.1 Å². The largest absolute Gasteiger partial charge is 0.543 e. The quantitative estimate of drug-likeness (QED) is 0.322. The minimum absolute atomic E-state index is 0.130. The van der Waals surface area contributed by atoms with Crippen molar-refractivity contribution < 1.29 is 24.9 Å². The first kappa shape index (κ1) is 28.6. The van der Waals surface area contributed by atoms with Crippen LogP contribution in [-0.4, -0.2) is 31.2 Å². The number of aliphatic carboxylic acids is 2. The summed E-state index contributed by atoms with van der Waals surface area (Å²) in [4.78, 5) is 34.8. The van der Waals surface area contributed by atoms with Gasteiger partial charge in [-0.15, -0.1) is 0 Å². The SMILES string of the molecule is Cn1cncc1C(O)(c1ccc(Cl)cc1)c1ccc2c(c1)c(-c1cccc(Cl)c1)cc(=O)n2C.O=C([O-])C(=O)[O-]. The van der Waals surface area contributed by atoms with Crippen LogP contribution in [0, 0.1) is 0 Å². The molecular weight excluding hydrogens is 557 g/mol. The van der Waals surface area contributed by atoms with Crippen molar-refractivity contribution in [3.05, 3.63) is 123 Å². The Kier molecular flexibility index (Phi) is 8.11. The summed E-state index contributed by atoms with van der Waals surface area (Å²) in [6, 6.07) is 21.7. The molecule has 3 aromatic carbocycles. The van der Waals surface area contributed by atoms with Gasteiger partial charge < -0.3 is 34.0 Å². The van der Waals surface area contributed by atoms with E-state index in [9.17, 15) is 9.90 Å². The van der Waals surface area contributed by atoms with Crippen LogP contribution in [0.15, 0.2) is 90.1 Å². The number of aliphatic hydroxyl groups is 1. The number of hydrogen-bond acceptors (Lipinski definition) is 7. The maximum absolute atomic E-state index is 12.7. The molecule has 2 aromatic heterocycles. The van der Waals surface area contributed by atoms with Gasteiger partial charge in [0.25, 0.3) is 5.56 Å². The monoisotopic (exact) mass is 577 g/mol. The van der Waals surface area contributed by atoms with E-state index in [1.165, 1.54) is 0 Å². The molecule has 0 fully saturated rings. The number of benzene rings is 3. The fraction of sp³-hybridized carbons (Fsp3) is 0.103. The van der Waals surface area contributed by atoms with E-state index in [0.717, 1.165) is 22.0 Å². The van der Waals surface area contributed by atoms with Crippen LogP contribution in [-0.2, 0) is 29.3 Å². The molecule has 0 aliphatic rings. The van der Waals surface area contributed by atoms with Gasteiger partial charge in [0.05, 0.1) is 35.7 Å². The Morgan fingerprint density at radius 3 is 2.10 bits per heavy atom. The van der Waals surface area contributed by atoms with Crippen molar-refractivity contribution in [3.63, 3.8) is 0 Å². The van der Waals surface area contributed by atoms with Gasteiger partial charge in [0.1, 0.15) is 0 Å². The molecule has 0 aliphatic carbocycles. The van der Waals surface area contributed by atoms with Gasteiger partial charge in [-0.2, -0.15) is 0 Å². The highest BCUT2D eigenvalue weighted by atomic mass is 35.5. The zero-order valence-corrected chi connectivity index (χ0v) is 22.7. The third-order valence-electron chi connectivity index (χ3n) is 6.42. The maximum Gasteiger partial charge on any atom is 0.251 e. The second-order valence-electron chi connectivity index (χ2n) is 8.88. The smallest absolute Gasteiger partial charge is 0.251 e. The van der Waals surface area contributed by atoms with Gasteiger partial charge >= 0.3 is 0 Å². The molecule has 1 atom stereocenters. The number of hydrogen-bond donors (Lipinski definition) is 1. The number of nitrogens with zero attached hydrogens (tertiary/aromatic N) is 3. The summed E-state index contributed by atoms with van der Waals surface area (Å²) in [5.41, 5.74) is 2.55. The average molecular weight is 578 g/mol. The summed E-state index contributed by atoms with van der Waals surface area (Å²) < 4.78 is 3.38. The molecule has 1 N–H and O–H groups in total. The molecule has 5 aromatic rings. The lowest BCUT2D eigenvalue weighted by Gasteiger charge is -2.30. The van der Waals surface area contributed by atoms with Gasteiger partial charge in [0.2, 0.25) is 0 Å². The predicted molar refractivity (Wildman–Crippen MR) is 146 cm³/mol. The van der Waals surface area contributed by atoms with Crippen molar-refractivity contribution in [1.29, 1.82) is 0 Å². The number of carbonyl (C=O) groups is 2. The number of carbonyl (C=O) groups excluding carboxylic acids is 2. The summed E-state index contributed by atoms with van der Waals surface area (Å²) in [5, 5.41) is 32.1. The van der Waals surface area contributed by atoms with Crippen LogP contribution in [0.4, 0.5) is 0 Å². The second-order valence-corrected chi connectivity index (χ2v) is 9.75. The van der Waals surface area contributed by atoms with Gasteiger partial charge in [-0.1, -0.05) is 53.5 Å². The van der Waals surface area contributed by atoms with E-state index in [1.807, 2.05) is 43.4 Å². The van der Waals surface area contributed by atoms with Gasteiger partial charge in [-0.25, -0.2) is 4.98 Å². The molecule has 11 heteroatoms. The average Bonchev–Trinajstić information content (AvgIpc) is 3.37. The van der Waals surface area contributed by atoms with Crippen LogP contribution in [0.5, 0.6) is 0 Å². The number of imidazole rings is 1. The topological polar surface area (TPSA) is 140 Å². The molecule has 9 nitrogen and oxygen atoms in total. The summed E-state index contributed by atoms with van der Waals surface area (Å²) >= 11 is 12.4. The van der Waals surface area contributed by atoms with Gasteiger partial charge in [-0.05, 0) is 58.7 Å². The van der Waals surface area contributed by atoms with E-state index in [1.54, 1.807) is 65.1 Å². The lowest BCUT2D eigenvalue weighted by molar-refractivity contribution is -0.345. The molecule has 0 saturated heterocycles. The Morgan fingerprint density at radius 2 is 1.52 bits per heavy atom. The number of carboxylic acid groups (broad SMARTS) is 2. The molecule has 5 rings (SSSR count). The zero-order valence-electron chi connectivity index (χ0n) is 21.2. The summed E-state index contributed by atoms with van der Waals surface area (Å²) in [5.74, 6) is -4.37. The van der Waals surface area contributed by atoms with E-state index < -0.39 is 17.5 Å². The lowest BCUT2D eigenvalue weighted by Crippen LogP contribution is -2.42. The third-order valence-corrected chi connectivity index (χ3v) is 6.90. The Hall–Kier alpha value is -4.44. The molecule has 1 unspecified atom stereocenters. The van der Waals surface area contributed by atoms with Crippen LogP contribution >= 0.6 is 23.2 Å². The van der Waals surface area contributed by atoms with Crippen molar-refractivity contribution in [2.24, 2.45) is 14.1 Å². The lowest BCUT2D eigenvalue weighted by atomic mass is 9.82. The zero-order chi connectivity index (χ0) is 29.2. The fourth-order valence-electron chi connectivity index (χ4n) is 4.44. The number of halogens is 2. The Labute approximate surface area is 238 Å². The summed E-state index contributed by atoms with van der Waals surface area (Å²) in [6.07, 6.45) is 3.30. The Balaban J connectivity index is 0.000000557. The highest BCUT2D eigenvalue weighted by Gasteiger charge is 2.37. The van der Waals surface area contributed by atoms with Crippen molar-refractivity contribution in [2.75, 3.05) is 0 Å². The number of fused-ring (bicyclic) bond motifs is 1. The van der Waals surface area contributed by atoms with E-state index in [2.05, 4.69) is 4.98 Å². The molecular formula is C29H21Cl2N3O6-2. The van der Waals surface area contributed by atoms with E-state index in [-0.39, 0.29) is 5.56 Å². The first-order valence-electron chi connectivity index (χ1n) is 11.7. The van der Waals surface area contributed by atoms with Gasteiger partial charge in [0, 0.05) is 35.6 Å². The van der Waals surface area contributed by atoms with Gasteiger partial charge in [0.15, 0.2) is 5.60 Å². The molecule has 0 amide bonds. The first-order valence-corrected chi connectivity index (χ1v) is 12.5. The molecule has 204 valence electrons. The van der Waals surface area contributed by atoms with E-state index >= 15 is 0 Å². The van der Waals surface area contributed by atoms with E-state index in [4.69, 9.17) is 43.0 Å². The normalized spacial score (nSPS) is 12.3. The number of rotatable bonds is 4. The summed E-state index contributed by atoms with van der Waals surface area (Å²) in [7, 11) is 3.57. The number of carboxylic acids is 2. The molecule has 0 radical (unpaired) electrons. The van der Waals surface area contributed by atoms with Crippen molar-refractivity contribution in [1.82, 2.24) is 14.1 Å². The van der Waals surface area contributed by atoms with E-state index in [0.29, 0.717) is 26.9 Å². The summed E-state index contributed by atoms with van der Waals surface area (Å²) in [6.45, 7) is 0. The fourth-order valence-corrected chi connectivity index (χ4v) is 4.76. The predicted octanol–water partition coefficient (Wildman–Crippen LogP) is 2.02. The highest BCUT2D eigenvalue weighted by Crippen LogP contribution is 2.39. The number of aryl methyl sites for hydroxylation is 2. The van der Waals surface area contributed by atoms with Crippen LogP contribution in [0.3, 0.4) is 0 Å². The third kappa shape index (κ3) is 5.48. The highest BCUT2D eigenvalue weighted by molar-refractivity contribution is 6.31. The van der Waals surface area contributed by atoms with Crippen LogP contribution < -0.4 is 15.8 Å². The first-order chi connectivity index (χ1) is 18.9. The molecule has 0 bridgehead atoms. The number of aromatic nitrogens is 3. The number of pyridine rings is 1. The molecule has 2 heterocycles. The van der Waals surface area contributed by atoms with Gasteiger partial charge in [-0.3, -0.25) is 4.79 Å². The molecule has 40 heavy (non-hydrogen) atoms. The maximum atomic E-state index is 12.7.